The maximum atomic E-state index is 11.0. The van der Waals surface area contributed by atoms with Crippen LogP contribution in [0.2, 0.25) is 5.02 Å². The van der Waals surface area contributed by atoms with Crippen LogP contribution in [0.5, 0.6) is 5.75 Å². The fourth-order valence-electron chi connectivity index (χ4n) is 1.58. The van der Waals surface area contributed by atoms with Crippen molar-refractivity contribution in [1.82, 2.24) is 5.32 Å². The van der Waals surface area contributed by atoms with E-state index in [9.17, 15) is 4.79 Å². The fourth-order valence-corrected chi connectivity index (χ4v) is 2.37. The van der Waals surface area contributed by atoms with Gasteiger partial charge in [-0.25, -0.2) is 0 Å². The summed E-state index contributed by atoms with van der Waals surface area (Å²) in [5.41, 5.74) is 0. The minimum atomic E-state index is -0.845. The van der Waals surface area contributed by atoms with Crippen LogP contribution < -0.4 is 10.1 Å². The highest BCUT2D eigenvalue weighted by Crippen LogP contribution is 2.27. The lowest BCUT2D eigenvalue weighted by atomic mass is 10.1. The number of hydrogen-bond donors (Lipinski definition) is 2. The molecular formula is C13H17BrClNO3. The van der Waals surface area contributed by atoms with Gasteiger partial charge in [0.05, 0.1) is 4.47 Å². The van der Waals surface area contributed by atoms with Crippen molar-refractivity contribution in [3.05, 3.63) is 27.7 Å². The van der Waals surface area contributed by atoms with E-state index in [-0.39, 0.29) is 5.92 Å². The molecule has 1 atom stereocenters. The quantitative estimate of drug-likeness (QED) is 0.742. The molecule has 0 aromatic heterocycles. The van der Waals surface area contributed by atoms with Crippen LogP contribution in [0.25, 0.3) is 0 Å². The predicted molar refractivity (Wildman–Crippen MR) is 78.9 cm³/mol. The summed E-state index contributed by atoms with van der Waals surface area (Å²) >= 11 is 9.18. The second-order valence-electron chi connectivity index (χ2n) is 4.44. The predicted octanol–water partition coefficient (Wildman–Crippen LogP) is 3.18. The normalized spacial score (nSPS) is 12.5. The maximum absolute atomic E-state index is 11.0. The third-order valence-electron chi connectivity index (χ3n) is 2.55. The van der Waals surface area contributed by atoms with E-state index in [1.807, 2.05) is 13.8 Å². The number of halogens is 2. The van der Waals surface area contributed by atoms with Gasteiger partial charge in [-0.15, -0.1) is 0 Å². The summed E-state index contributed by atoms with van der Waals surface area (Å²) in [5.74, 6) is -0.134. The molecule has 0 amide bonds. The molecule has 0 aliphatic heterocycles. The number of aliphatic carboxylic acids is 1. The second kappa shape index (κ2) is 7.72. The zero-order valence-electron chi connectivity index (χ0n) is 10.8. The number of rotatable bonds is 7. The van der Waals surface area contributed by atoms with Crippen molar-refractivity contribution in [3.63, 3.8) is 0 Å². The van der Waals surface area contributed by atoms with Gasteiger partial charge >= 0.3 is 5.97 Å². The molecule has 1 rings (SSSR count). The average Bonchev–Trinajstić information content (AvgIpc) is 2.30. The van der Waals surface area contributed by atoms with E-state index in [1.54, 1.807) is 18.2 Å². The highest BCUT2D eigenvalue weighted by atomic mass is 79.9. The van der Waals surface area contributed by atoms with Crippen LogP contribution in [0, 0.1) is 5.92 Å². The Hall–Kier alpha value is -0.780. The van der Waals surface area contributed by atoms with E-state index in [4.69, 9.17) is 21.4 Å². The lowest BCUT2D eigenvalue weighted by Gasteiger charge is -2.18. The molecule has 2 N–H and O–H groups in total. The Morgan fingerprint density at radius 1 is 1.53 bits per heavy atom. The molecule has 0 spiro atoms. The Balaban J connectivity index is 2.40. The number of carbonyl (C=O) groups is 1. The molecule has 0 heterocycles. The third-order valence-corrected chi connectivity index (χ3v) is 3.41. The molecule has 106 valence electrons. The molecule has 4 nitrogen and oxygen atoms in total. The van der Waals surface area contributed by atoms with Crippen LogP contribution in [-0.4, -0.2) is 30.3 Å². The van der Waals surface area contributed by atoms with Crippen LogP contribution in [0.3, 0.4) is 0 Å². The van der Waals surface area contributed by atoms with Crippen molar-refractivity contribution >= 4 is 33.5 Å². The summed E-state index contributed by atoms with van der Waals surface area (Å²) in [6, 6.07) is 4.70. The second-order valence-corrected chi connectivity index (χ2v) is 5.73. The highest BCUT2D eigenvalue weighted by molar-refractivity contribution is 9.10. The Bertz CT molecular complexity index is 440. The smallest absolute Gasteiger partial charge is 0.320 e. The molecule has 19 heavy (non-hydrogen) atoms. The lowest BCUT2D eigenvalue weighted by molar-refractivity contribution is -0.140. The van der Waals surface area contributed by atoms with E-state index >= 15 is 0 Å². The summed E-state index contributed by atoms with van der Waals surface area (Å²) in [6.07, 6.45) is 0. The highest BCUT2D eigenvalue weighted by Gasteiger charge is 2.20. The van der Waals surface area contributed by atoms with Gasteiger partial charge < -0.3 is 15.2 Å². The monoisotopic (exact) mass is 349 g/mol. The first-order valence-corrected chi connectivity index (χ1v) is 7.13. The third kappa shape index (κ3) is 5.38. The number of carboxylic acids is 1. The molecule has 1 aromatic rings. The van der Waals surface area contributed by atoms with E-state index < -0.39 is 12.0 Å². The van der Waals surface area contributed by atoms with Gasteiger partial charge in [0.25, 0.3) is 0 Å². The zero-order chi connectivity index (χ0) is 14.4. The van der Waals surface area contributed by atoms with Crippen molar-refractivity contribution in [1.29, 1.82) is 0 Å². The molecule has 0 fully saturated rings. The van der Waals surface area contributed by atoms with Crippen LogP contribution in [0.1, 0.15) is 13.8 Å². The van der Waals surface area contributed by atoms with Gasteiger partial charge in [-0.05, 0) is 40.0 Å². The largest absolute Gasteiger partial charge is 0.491 e. The number of carboxylic acid groups (broad SMARTS) is 1. The summed E-state index contributed by atoms with van der Waals surface area (Å²) in [4.78, 5) is 11.0. The molecule has 0 bridgehead atoms. The molecule has 1 aromatic carbocycles. The fraction of sp³-hybridized carbons (Fsp3) is 0.462. The summed E-state index contributed by atoms with van der Waals surface area (Å²) in [6.45, 7) is 4.58. The van der Waals surface area contributed by atoms with Gasteiger partial charge in [-0.2, -0.15) is 0 Å². The van der Waals surface area contributed by atoms with Gasteiger partial charge in [0, 0.05) is 11.6 Å². The summed E-state index contributed by atoms with van der Waals surface area (Å²) < 4.78 is 6.32. The van der Waals surface area contributed by atoms with E-state index in [0.717, 1.165) is 4.47 Å². The standard InChI is InChI=1S/C13H17BrClNO3/c1-8(2)12(13(17)18)16-5-6-19-11-4-3-9(15)7-10(11)14/h3-4,7-8,12,16H,5-6H2,1-2H3,(H,17,18). The van der Waals surface area contributed by atoms with Crippen molar-refractivity contribution in [2.75, 3.05) is 13.2 Å². The zero-order valence-corrected chi connectivity index (χ0v) is 13.2. The van der Waals surface area contributed by atoms with E-state index in [2.05, 4.69) is 21.2 Å². The average molecular weight is 351 g/mol. The molecule has 0 aliphatic rings. The summed E-state index contributed by atoms with van der Waals surface area (Å²) in [7, 11) is 0. The first-order valence-electron chi connectivity index (χ1n) is 5.96. The molecule has 0 saturated heterocycles. The molecule has 0 radical (unpaired) electrons. The van der Waals surface area contributed by atoms with Crippen molar-refractivity contribution in [2.24, 2.45) is 5.92 Å². The summed E-state index contributed by atoms with van der Waals surface area (Å²) in [5, 5.41) is 12.6. The van der Waals surface area contributed by atoms with Crippen molar-refractivity contribution in [2.45, 2.75) is 19.9 Å². The number of hydrogen-bond acceptors (Lipinski definition) is 3. The first kappa shape index (κ1) is 16.3. The topological polar surface area (TPSA) is 58.6 Å². The van der Waals surface area contributed by atoms with E-state index in [1.165, 1.54) is 0 Å². The van der Waals surface area contributed by atoms with Crippen molar-refractivity contribution < 1.29 is 14.6 Å². The van der Waals surface area contributed by atoms with Crippen LogP contribution in [0.15, 0.2) is 22.7 Å². The van der Waals surface area contributed by atoms with Gasteiger partial charge in [0.2, 0.25) is 0 Å². The molecule has 0 aliphatic carbocycles. The Kier molecular flexibility index (Phi) is 6.62. The van der Waals surface area contributed by atoms with Gasteiger partial charge in [-0.3, -0.25) is 4.79 Å². The number of nitrogens with one attached hydrogen (secondary N) is 1. The molecule has 0 saturated carbocycles. The van der Waals surface area contributed by atoms with Crippen LogP contribution in [-0.2, 0) is 4.79 Å². The van der Waals surface area contributed by atoms with Gasteiger partial charge in [0.1, 0.15) is 18.4 Å². The van der Waals surface area contributed by atoms with Crippen molar-refractivity contribution in [3.8, 4) is 5.75 Å². The van der Waals surface area contributed by atoms with Gasteiger partial charge in [0.15, 0.2) is 0 Å². The lowest BCUT2D eigenvalue weighted by Crippen LogP contribution is -2.42. The minimum absolute atomic E-state index is 0.0276. The minimum Gasteiger partial charge on any atom is -0.491 e. The van der Waals surface area contributed by atoms with Crippen LogP contribution >= 0.6 is 27.5 Å². The maximum Gasteiger partial charge on any atom is 0.320 e. The van der Waals surface area contributed by atoms with E-state index in [0.29, 0.717) is 23.9 Å². The molecule has 1 unspecified atom stereocenters. The first-order chi connectivity index (χ1) is 8.91. The Morgan fingerprint density at radius 3 is 2.74 bits per heavy atom. The molecular weight excluding hydrogens is 334 g/mol. The van der Waals surface area contributed by atoms with Gasteiger partial charge in [-0.1, -0.05) is 25.4 Å². The number of benzene rings is 1. The number of ether oxygens (including phenoxy) is 1. The molecule has 6 heteroatoms. The Labute approximate surface area is 126 Å². The Morgan fingerprint density at radius 2 is 2.21 bits per heavy atom. The SMILES string of the molecule is CC(C)C(NCCOc1ccc(Cl)cc1Br)C(=O)O. The van der Waals surface area contributed by atoms with Crippen LogP contribution in [0.4, 0.5) is 0 Å².